The molecule has 1 fully saturated rings. The molecule has 0 saturated carbocycles. The minimum Gasteiger partial charge on any atom is -0.293 e. The summed E-state index contributed by atoms with van der Waals surface area (Å²) in [5.41, 5.74) is 0. The number of hydrogen-bond acceptors (Lipinski definition) is 4. The predicted molar refractivity (Wildman–Crippen MR) is 63.2 cm³/mol. The van der Waals surface area contributed by atoms with Gasteiger partial charge in [0.15, 0.2) is 16.8 Å². The first-order chi connectivity index (χ1) is 8.47. The van der Waals surface area contributed by atoms with Crippen LogP contribution < -0.4 is 4.90 Å². The van der Waals surface area contributed by atoms with E-state index < -0.39 is 11.6 Å². The Bertz CT molecular complexity index is 510. The summed E-state index contributed by atoms with van der Waals surface area (Å²) in [6, 6.07) is 0.682. The number of rotatable bonds is 2. The third kappa shape index (κ3) is 2.66. The molecule has 0 bridgehead atoms. The van der Waals surface area contributed by atoms with Gasteiger partial charge in [-0.1, -0.05) is 11.8 Å². The van der Waals surface area contributed by atoms with Gasteiger partial charge in [-0.15, -0.1) is 0 Å². The number of carbonyl (C=O) groups excluding carboxylic acids is 2. The molecular formula is C11H10F2N2O2S. The molecule has 1 aliphatic heterocycles. The number of nitrogens with zero attached hydrogens (tertiary/aromatic N) is 2. The summed E-state index contributed by atoms with van der Waals surface area (Å²) in [5, 5.41) is -0.302. The normalized spacial score (nSPS) is 19.4. The second kappa shape index (κ2) is 5.01. The highest BCUT2D eigenvalue weighted by atomic mass is 32.2. The van der Waals surface area contributed by atoms with E-state index in [0.717, 1.165) is 22.9 Å². The van der Waals surface area contributed by atoms with Crippen molar-refractivity contribution in [2.45, 2.75) is 18.6 Å². The number of halogens is 2. The first-order valence-corrected chi connectivity index (χ1v) is 6.14. The lowest BCUT2D eigenvalue weighted by Gasteiger charge is -2.15. The molecule has 1 unspecified atom stereocenters. The number of carbonyl (C=O) groups is 2. The standard InChI is InChI=1S/C11H10F2N2O2S/c1-6(16)18-8-3-10(17)15(5-8)11-9(13)2-7(12)4-14-11/h2,4,8H,3,5H2,1H3. The maximum absolute atomic E-state index is 13.5. The van der Waals surface area contributed by atoms with Gasteiger partial charge in [-0.25, -0.2) is 13.8 Å². The Morgan fingerprint density at radius 2 is 2.28 bits per heavy atom. The molecule has 1 aliphatic rings. The molecular weight excluding hydrogens is 262 g/mol. The average Bonchev–Trinajstić information content (AvgIpc) is 2.58. The first kappa shape index (κ1) is 12.9. The molecule has 18 heavy (non-hydrogen) atoms. The van der Waals surface area contributed by atoms with Crippen LogP contribution in [0.3, 0.4) is 0 Å². The molecule has 0 radical (unpaired) electrons. The fraction of sp³-hybridized carbons (Fsp3) is 0.364. The Morgan fingerprint density at radius 3 is 2.89 bits per heavy atom. The van der Waals surface area contributed by atoms with Crippen molar-refractivity contribution in [2.75, 3.05) is 11.4 Å². The van der Waals surface area contributed by atoms with Crippen molar-refractivity contribution in [1.82, 2.24) is 4.98 Å². The Morgan fingerprint density at radius 1 is 1.56 bits per heavy atom. The second-order valence-electron chi connectivity index (χ2n) is 3.90. The number of aromatic nitrogens is 1. The molecule has 96 valence electrons. The molecule has 7 heteroatoms. The van der Waals surface area contributed by atoms with Crippen molar-refractivity contribution in [3.05, 3.63) is 23.9 Å². The van der Waals surface area contributed by atoms with E-state index in [-0.39, 0.29) is 35.1 Å². The molecule has 0 N–H and O–H groups in total. The van der Waals surface area contributed by atoms with Gasteiger partial charge in [0.2, 0.25) is 5.91 Å². The summed E-state index contributed by atoms with van der Waals surface area (Å²) in [6.07, 6.45) is 1.01. The molecule has 4 nitrogen and oxygen atoms in total. The number of amides is 1. The molecule has 1 aromatic rings. The molecule has 0 aliphatic carbocycles. The van der Waals surface area contributed by atoms with Crippen LogP contribution in [-0.4, -0.2) is 27.8 Å². The molecule has 2 rings (SSSR count). The summed E-state index contributed by atoms with van der Waals surface area (Å²) < 4.78 is 26.2. The highest BCUT2D eigenvalue weighted by Crippen LogP contribution is 2.28. The van der Waals surface area contributed by atoms with Gasteiger partial charge in [-0.2, -0.15) is 0 Å². The summed E-state index contributed by atoms with van der Waals surface area (Å²) in [7, 11) is 0. The maximum atomic E-state index is 13.5. The topological polar surface area (TPSA) is 50.3 Å². The van der Waals surface area contributed by atoms with Crippen LogP contribution in [0.15, 0.2) is 12.3 Å². The largest absolute Gasteiger partial charge is 0.293 e. The van der Waals surface area contributed by atoms with Gasteiger partial charge in [0.05, 0.1) is 6.20 Å². The molecule has 2 heterocycles. The minimum atomic E-state index is -0.878. The van der Waals surface area contributed by atoms with Gasteiger partial charge in [0.25, 0.3) is 0 Å². The van der Waals surface area contributed by atoms with Gasteiger partial charge < -0.3 is 0 Å². The predicted octanol–water partition coefficient (Wildman–Crippen LogP) is 1.74. The van der Waals surface area contributed by atoms with Crippen LogP contribution in [0.5, 0.6) is 0 Å². The Kier molecular flexibility index (Phi) is 3.60. The van der Waals surface area contributed by atoms with E-state index in [1.54, 1.807) is 0 Å². The van der Waals surface area contributed by atoms with E-state index in [4.69, 9.17) is 0 Å². The molecule has 0 aromatic carbocycles. The number of thioether (sulfide) groups is 1. The maximum Gasteiger partial charge on any atom is 0.229 e. The number of pyridine rings is 1. The van der Waals surface area contributed by atoms with Crippen LogP contribution in [0.25, 0.3) is 0 Å². The van der Waals surface area contributed by atoms with Crippen molar-refractivity contribution in [1.29, 1.82) is 0 Å². The van der Waals surface area contributed by atoms with Crippen LogP contribution in [0.2, 0.25) is 0 Å². The lowest BCUT2D eigenvalue weighted by Crippen LogP contribution is -2.27. The van der Waals surface area contributed by atoms with E-state index >= 15 is 0 Å². The van der Waals surface area contributed by atoms with Crippen LogP contribution >= 0.6 is 11.8 Å². The zero-order chi connectivity index (χ0) is 13.3. The van der Waals surface area contributed by atoms with Gasteiger partial charge in [-0.05, 0) is 0 Å². The van der Waals surface area contributed by atoms with E-state index in [9.17, 15) is 18.4 Å². The third-order valence-electron chi connectivity index (χ3n) is 2.47. The van der Waals surface area contributed by atoms with Crippen LogP contribution in [0.4, 0.5) is 14.6 Å². The minimum absolute atomic E-state index is 0.0952. The van der Waals surface area contributed by atoms with Crippen LogP contribution in [-0.2, 0) is 9.59 Å². The zero-order valence-corrected chi connectivity index (χ0v) is 10.3. The lowest BCUT2D eigenvalue weighted by molar-refractivity contribution is -0.117. The summed E-state index contributed by atoms with van der Waals surface area (Å²) >= 11 is 1.05. The van der Waals surface area contributed by atoms with E-state index in [2.05, 4.69) is 4.98 Å². The summed E-state index contributed by atoms with van der Waals surface area (Å²) in [5.74, 6) is -2.17. The van der Waals surface area contributed by atoms with E-state index in [1.165, 1.54) is 6.92 Å². The number of hydrogen-bond donors (Lipinski definition) is 0. The van der Waals surface area contributed by atoms with Gasteiger partial charge >= 0.3 is 0 Å². The Balaban J connectivity index is 2.19. The first-order valence-electron chi connectivity index (χ1n) is 5.26. The molecule has 1 aromatic heterocycles. The lowest BCUT2D eigenvalue weighted by atomic mass is 10.4. The highest BCUT2D eigenvalue weighted by molar-refractivity contribution is 8.14. The smallest absolute Gasteiger partial charge is 0.229 e. The van der Waals surface area contributed by atoms with Crippen LogP contribution in [0, 0.1) is 11.6 Å². The fourth-order valence-corrected chi connectivity index (χ4v) is 2.72. The van der Waals surface area contributed by atoms with Crippen molar-refractivity contribution < 1.29 is 18.4 Å². The van der Waals surface area contributed by atoms with Crippen molar-refractivity contribution in [2.24, 2.45) is 0 Å². The third-order valence-corrected chi connectivity index (χ3v) is 3.45. The van der Waals surface area contributed by atoms with Gasteiger partial charge in [-0.3, -0.25) is 14.5 Å². The number of anilines is 1. The molecule has 0 spiro atoms. The molecule has 1 amide bonds. The van der Waals surface area contributed by atoms with Gasteiger partial charge in [0.1, 0.15) is 5.82 Å². The van der Waals surface area contributed by atoms with Crippen molar-refractivity contribution >= 4 is 28.6 Å². The van der Waals surface area contributed by atoms with Crippen molar-refractivity contribution in [3.63, 3.8) is 0 Å². The second-order valence-corrected chi connectivity index (χ2v) is 5.38. The highest BCUT2D eigenvalue weighted by Gasteiger charge is 2.34. The van der Waals surface area contributed by atoms with Gasteiger partial charge in [0, 0.05) is 31.2 Å². The fourth-order valence-electron chi connectivity index (χ4n) is 1.80. The quantitative estimate of drug-likeness (QED) is 0.823. The summed E-state index contributed by atoms with van der Waals surface area (Å²) in [6.45, 7) is 1.62. The SMILES string of the molecule is CC(=O)SC1CC(=O)N(c2ncc(F)cc2F)C1. The summed E-state index contributed by atoms with van der Waals surface area (Å²) in [4.78, 5) is 27.4. The molecule has 1 atom stereocenters. The average molecular weight is 272 g/mol. The van der Waals surface area contributed by atoms with Crippen molar-refractivity contribution in [3.8, 4) is 0 Å². The molecule has 1 saturated heterocycles. The van der Waals surface area contributed by atoms with E-state index in [0.29, 0.717) is 6.07 Å². The van der Waals surface area contributed by atoms with Crippen LogP contribution in [0.1, 0.15) is 13.3 Å². The zero-order valence-electron chi connectivity index (χ0n) is 9.52. The van der Waals surface area contributed by atoms with E-state index in [1.807, 2.05) is 0 Å². The monoisotopic (exact) mass is 272 g/mol. The Hall–Kier alpha value is -1.50. The Labute approximate surface area is 106 Å².